The second-order valence-electron chi connectivity index (χ2n) is 9.93. The van der Waals surface area contributed by atoms with Crippen molar-refractivity contribution >= 4 is 76.0 Å². The monoisotopic (exact) mass is 655 g/mol. The van der Waals surface area contributed by atoms with Gasteiger partial charge >= 0.3 is 11.9 Å². The van der Waals surface area contributed by atoms with Crippen molar-refractivity contribution in [3.05, 3.63) is 60.7 Å². The van der Waals surface area contributed by atoms with E-state index in [4.69, 9.17) is 16.9 Å². The summed E-state index contributed by atoms with van der Waals surface area (Å²) in [5.74, 6) is -6.10. The molecule has 17 heteroatoms. The van der Waals surface area contributed by atoms with E-state index in [9.17, 15) is 38.7 Å². The lowest BCUT2D eigenvalue weighted by Gasteiger charge is -2.16. The van der Waals surface area contributed by atoms with Crippen LogP contribution in [0.2, 0.25) is 0 Å². The smallest absolute Gasteiger partial charge is 0.321 e. The van der Waals surface area contributed by atoms with Gasteiger partial charge in [0.1, 0.15) is 12.6 Å². The Balaban J connectivity index is 1.38. The van der Waals surface area contributed by atoms with Gasteiger partial charge in [-0.05, 0) is 79.6 Å². The molecule has 0 radical (unpaired) electrons. The van der Waals surface area contributed by atoms with Gasteiger partial charge in [0.2, 0.25) is 17.7 Å². The van der Waals surface area contributed by atoms with E-state index in [1.165, 1.54) is 0 Å². The number of rotatable bonds is 17. The molecule has 242 valence electrons. The SMILES string of the molecule is O=C(CCC[C@H](C[C@H](NCl)C(=O)O)C(=O)O)NCC(=O)Nc1ccc(/N=N/c2ccc(NC(=O)CN3C(=O)C=CC3=O)cc2)cc1. The number of nitrogens with zero attached hydrogens (tertiary/aromatic N) is 3. The first-order chi connectivity index (χ1) is 21.9. The zero-order valence-corrected chi connectivity index (χ0v) is 24.9. The Morgan fingerprint density at radius 3 is 1.76 bits per heavy atom. The summed E-state index contributed by atoms with van der Waals surface area (Å²) in [6, 6.07) is 11.5. The second kappa shape index (κ2) is 17.1. The molecule has 16 nitrogen and oxygen atoms in total. The van der Waals surface area contributed by atoms with Crippen LogP contribution in [0, 0.1) is 5.92 Å². The van der Waals surface area contributed by atoms with Crippen molar-refractivity contribution in [1.29, 1.82) is 0 Å². The van der Waals surface area contributed by atoms with E-state index in [1.54, 1.807) is 48.5 Å². The number of aliphatic carboxylic acids is 2. The first kappa shape index (κ1) is 35.0. The summed E-state index contributed by atoms with van der Waals surface area (Å²) in [6.45, 7) is -0.719. The third-order valence-electron chi connectivity index (χ3n) is 6.49. The Bertz CT molecular complexity index is 1510. The van der Waals surface area contributed by atoms with Crippen LogP contribution in [0.1, 0.15) is 25.7 Å². The van der Waals surface area contributed by atoms with Gasteiger partial charge in [-0.3, -0.25) is 38.5 Å². The predicted octanol–water partition coefficient (Wildman–Crippen LogP) is 2.48. The minimum atomic E-state index is -1.29. The molecule has 0 aliphatic carbocycles. The number of carbonyl (C=O) groups excluding carboxylic acids is 5. The van der Waals surface area contributed by atoms with Crippen LogP contribution < -0.4 is 20.8 Å². The third kappa shape index (κ3) is 11.2. The number of amides is 5. The molecule has 1 aliphatic rings. The number of carbonyl (C=O) groups is 7. The van der Waals surface area contributed by atoms with Gasteiger partial charge in [-0.1, -0.05) is 0 Å². The molecule has 3 rings (SSSR count). The molecule has 0 spiro atoms. The van der Waals surface area contributed by atoms with Crippen LogP contribution in [0.5, 0.6) is 0 Å². The molecule has 0 fully saturated rings. The molecular weight excluding hydrogens is 626 g/mol. The summed E-state index contributed by atoms with van der Waals surface area (Å²) in [6.07, 6.45) is 2.11. The lowest BCUT2D eigenvalue weighted by Crippen LogP contribution is -2.37. The molecule has 6 N–H and O–H groups in total. The quantitative estimate of drug-likeness (QED) is 0.0827. The molecule has 1 heterocycles. The van der Waals surface area contributed by atoms with Crippen molar-refractivity contribution < 1.29 is 43.8 Å². The number of halogens is 1. The average molecular weight is 656 g/mol. The summed E-state index contributed by atoms with van der Waals surface area (Å²) in [5, 5.41) is 34.2. The largest absolute Gasteiger partial charge is 0.481 e. The number of anilines is 2. The maximum Gasteiger partial charge on any atom is 0.321 e. The number of carboxylic acid groups (broad SMARTS) is 2. The summed E-state index contributed by atoms with van der Waals surface area (Å²) in [7, 11) is 0. The van der Waals surface area contributed by atoms with Gasteiger partial charge in [0, 0.05) is 29.9 Å². The Morgan fingerprint density at radius 2 is 1.28 bits per heavy atom. The molecular formula is C29H30ClN7O9. The maximum absolute atomic E-state index is 12.2. The minimum Gasteiger partial charge on any atom is -0.481 e. The van der Waals surface area contributed by atoms with Crippen molar-refractivity contribution in [3.8, 4) is 0 Å². The van der Waals surface area contributed by atoms with Gasteiger partial charge < -0.3 is 26.2 Å². The van der Waals surface area contributed by atoms with E-state index in [0.717, 1.165) is 17.1 Å². The standard InChI is InChI=1S/C29H30ClN7O9/c30-34-22(29(45)46)14-17(28(43)44)2-1-3-23(38)31-15-24(39)32-18-4-8-20(9-5-18)35-36-21-10-6-19(7-11-21)33-25(40)16-37-26(41)12-13-27(37)42/h4-13,17,22,34H,1-3,14-16H2,(H,31,38)(H,32,39)(H,33,40)(H,43,44)(H,45,46)/b36-35+/t17-,22+/m1/s1. The van der Waals surface area contributed by atoms with E-state index < -0.39 is 60.0 Å². The highest BCUT2D eigenvalue weighted by Gasteiger charge is 2.27. The van der Waals surface area contributed by atoms with Gasteiger partial charge in [-0.2, -0.15) is 10.2 Å². The number of nitrogens with one attached hydrogen (secondary N) is 4. The molecule has 0 bridgehead atoms. The number of benzene rings is 2. The highest BCUT2D eigenvalue weighted by molar-refractivity contribution is 6.15. The number of azo groups is 1. The van der Waals surface area contributed by atoms with Crippen LogP contribution >= 0.6 is 11.8 Å². The van der Waals surface area contributed by atoms with E-state index >= 15 is 0 Å². The number of carboxylic acids is 2. The molecule has 0 aromatic heterocycles. The van der Waals surface area contributed by atoms with Crippen LogP contribution in [-0.4, -0.2) is 75.7 Å². The fourth-order valence-electron chi connectivity index (χ4n) is 4.07. The first-order valence-electron chi connectivity index (χ1n) is 13.8. The van der Waals surface area contributed by atoms with Crippen molar-refractivity contribution in [3.63, 3.8) is 0 Å². The number of hydrogen-bond donors (Lipinski definition) is 6. The molecule has 1 aliphatic heterocycles. The lowest BCUT2D eigenvalue weighted by molar-refractivity contribution is -0.144. The highest BCUT2D eigenvalue weighted by atomic mass is 35.5. The number of imide groups is 1. The minimum absolute atomic E-state index is 0.0514. The fourth-order valence-corrected chi connectivity index (χ4v) is 4.25. The normalized spacial score (nSPS) is 13.8. The Hall–Kier alpha value is -5.48. The zero-order valence-electron chi connectivity index (χ0n) is 24.1. The Labute approximate surface area is 267 Å². The lowest BCUT2D eigenvalue weighted by atomic mass is 9.94. The molecule has 5 amide bonds. The average Bonchev–Trinajstić information content (AvgIpc) is 3.33. The zero-order chi connectivity index (χ0) is 33.6. The molecule has 2 aromatic carbocycles. The Morgan fingerprint density at radius 1 is 0.761 bits per heavy atom. The van der Waals surface area contributed by atoms with Crippen LogP contribution in [-0.2, 0) is 33.6 Å². The van der Waals surface area contributed by atoms with Crippen LogP contribution in [0.25, 0.3) is 0 Å². The summed E-state index contributed by atoms with van der Waals surface area (Å²) < 4.78 is 0. The van der Waals surface area contributed by atoms with Crippen molar-refractivity contribution in [2.45, 2.75) is 31.7 Å². The van der Waals surface area contributed by atoms with E-state index in [1.807, 2.05) is 4.84 Å². The van der Waals surface area contributed by atoms with Gasteiger partial charge in [0.15, 0.2) is 0 Å². The van der Waals surface area contributed by atoms with Gasteiger partial charge in [-0.15, -0.1) is 0 Å². The molecule has 2 atom stereocenters. The van der Waals surface area contributed by atoms with Crippen LogP contribution in [0.3, 0.4) is 0 Å². The first-order valence-corrected chi connectivity index (χ1v) is 14.2. The molecule has 46 heavy (non-hydrogen) atoms. The topological polar surface area (TPSA) is 236 Å². The van der Waals surface area contributed by atoms with Crippen LogP contribution in [0.15, 0.2) is 70.9 Å². The highest BCUT2D eigenvalue weighted by Crippen LogP contribution is 2.22. The number of hydrogen-bond acceptors (Lipinski definition) is 10. The molecule has 0 saturated carbocycles. The van der Waals surface area contributed by atoms with E-state index in [0.29, 0.717) is 22.7 Å². The summed E-state index contributed by atoms with van der Waals surface area (Å²) in [4.78, 5) is 84.9. The van der Waals surface area contributed by atoms with Gasteiger partial charge in [0.05, 0.1) is 23.8 Å². The fraction of sp³-hybridized carbons (Fsp3) is 0.276. The summed E-state index contributed by atoms with van der Waals surface area (Å²) >= 11 is 5.35. The van der Waals surface area contributed by atoms with E-state index in [2.05, 4.69) is 26.2 Å². The second-order valence-corrected chi connectivity index (χ2v) is 10.1. The third-order valence-corrected chi connectivity index (χ3v) is 6.75. The van der Waals surface area contributed by atoms with Crippen molar-refractivity contribution in [1.82, 2.24) is 15.1 Å². The van der Waals surface area contributed by atoms with Crippen molar-refractivity contribution in [2.75, 3.05) is 23.7 Å². The molecule has 0 saturated heterocycles. The van der Waals surface area contributed by atoms with Gasteiger partial charge in [-0.25, -0.2) is 4.84 Å². The molecule has 2 aromatic rings. The maximum atomic E-state index is 12.2. The van der Waals surface area contributed by atoms with Gasteiger partial charge in [0.25, 0.3) is 11.8 Å². The Kier molecular flexibility index (Phi) is 13.0. The summed E-state index contributed by atoms with van der Waals surface area (Å²) in [5.41, 5.74) is 1.84. The predicted molar refractivity (Wildman–Crippen MR) is 163 cm³/mol. The van der Waals surface area contributed by atoms with E-state index in [-0.39, 0.29) is 32.2 Å². The molecule has 0 unspecified atom stereocenters. The van der Waals surface area contributed by atoms with Crippen molar-refractivity contribution in [2.24, 2.45) is 16.1 Å². The van der Waals surface area contributed by atoms with Crippen LogP contribution in [0.4, 0.5) is 22.7 Å².